The number of H-pyrrole nitrogens is 1. The van der Waals surface area contributed by atoms with Crippen LogP contribution in [0.25, 0.3) is 10.2 Å². The van der Waals surface area contributed by atoms with Gasteiger partial charge in [0.1, 0.15) is 11.5 Å². The van der Waals surface area contributed by atoms with Crippen molar-refractivity contribution in [3.63, 3.8) is 0 Å². The molecule has 0 aliphatic heterocycles. The summed E-state index contributed by atoms with van der Waals surface area (Å²) >= 11 is 8.75. The lowest BCUT2D eigenvalue weighted by atomic mass is 10.3. The Morgan fingerprint density at radius 3 is 3.00 bits per heavy atom. The molecule has 0 bridgehead atoms. The molecule has 3 rings (SSSR count). The number of nitrogens with one attached hydrogen (secondary N) is 2. The van der Waals surface area contributed by atoms with Crippen molar-refractivity contribution in [3.05, 3.63) is 51.2 Å². The summed E-state index contributed by atoms with van der Waals surface area (Å²) in [5.41, 5.74) is 0.456. The number of carbonyl (C=O) groups is 1. The van der Waals surface area contributed by atoms with Crippen LogP contribution in [-0.4, -0.2) is 27.1 Å². The van der Waals surface area contributed by atoms with E-state index in [9.17, 15) is 9.59 Å². The number of anilines is 1. The minimum Gasteiger partial charge on any atom is -0.310 e. The highest BCUT2D eigenvalue weighted by molar-refractivity contribution is 7.97. The molecule has 0 spiro atoms. The fraction of sp³-hybridized carbons (Fsp3) is 0.143. The van der Waals surface area contributed by atoms with Crippen molar-refractivity contribution in [2.75, 3.05) is 11.6 Å². The predicted octanol–water partition coefficient (Wildman–Crippen LogP) is 3.15. The summed E-state index contributed by atoms with van der Waals surface area (Å²) in [6, 6.07) is 6.48. The first kappa shape index (κ1) is 16.0. The van der Waals surface area contributed by atoms with E-state index in [0.29, 0.717) is 21.7 Å². The summed E-state index contributed by atoms with van der Waals surface area (Å²) in [6.07, 6.45) is 1.89. The second-order valence-electron chi connectivity index (χ2n) is 4.60. The molecule has 0 atom stereocenters. The zero-order valence-corrected chi connectivity index (χ0v) is 14.3. The van der Waals surface area contributed by atoms with Crippen molar-refractivity contribution in [1.29, 1.82) is 0 Å². The number of fused-ring (bicyclic) bond motifs is 1. The summed E-state index contributed by atoms with van der Waals surface area (Å²) in [7, 11) is 0. The Balaban J connectivity index is 1.86. The first-order valence-corrected chi connectivity index (χ1v) is 9.10. The number of thiazole rings is 1. The molecular formula is C14H11ClN4O2S2. The van der Waals surface area contributed by atoms with Gasteiger partial charge in [-0.3, -0.25) is 14.9 Å². The second kappa shape index (κ2) is 6.69. The molecule has 2 aromatic heterocycles. The van der Waals surface area contributed by atoms with Crippen LogP contribution in [0, 0.1) is 0 Å². The number of thioether (sulfide) groups is 1. The van der Waals surface area contributed by atoms with Gasteiger partial charge in [-0.15, -0.1) is 0 Å². The van der Waals surface area contributed by atoms with Crippen LogP contribution in [0.4, 0.5) is 5.13 Å². The molecule has 0 aliphatic rings. The fourth-order valence-electron chi connectivity index (χ4n) is 1.94. The highest BCUT2D eigenvalue weighted by Gasteiger charge is 2.13. The topological polar surface area (TPSA) is 87.7 Å². The maximum atomic E-state index is 12.3. The van der Waals surface area contributed by atoms with Crippen LogP contribution in [0.2, 0.25) is 5.02 Å². The van der Waals surface area contributed by atoms with Gasteiger partial charge in [0.25, 0.3) is 11.5 Å². The van der Waals surface area contributed by atoms with Gasteiger partial charge in [-0.2, -0.15) is 11.8 Å². The summed E-state index contributed by atoms with van der Waals surface area (Å²) < 4.78 is 0.870. The smallest absolute Gasteiger partial charge is 0.276 e. The molecule has 23 heavy (non-hydrogen) atoms. The normalized spacial score (nSPS) is 10.9. The standard InChI is InChI=1S/C14H11ClN4O2S2/c1-22-6-11-16-9(5-12(20)18-11)13(21)19-14-17-8-3-2-7(15)4-10(8)23-14/h2-5H,6H2,1H3,(H,16,18,20)(H,17,19,21). The Hall–Kier alpha value is -1.90. The van der Waals surface area contributed by atoms with Crippen molar-refractivity contribution in [2.45, 2.75) is 5.75 Å². The van der Waals surface area contributed by atoms with Crippen LogP contribution in [-0.2, 0) is 5.75 Å². The Bertz CT molecular complexity index is 938. The zero-order valence-electron chi connectivity index (χ0n) is 11.9. The first-order valence-electron chi connectivity index (χ1n) is 6.52. The van der Waals surface area contributed by atoms with Crippen LogP contribution >= 0.6 is 34.7 Å². The lowest BCUT2D eigenvalue weighted by Gasteiger charge is -2.03. The van der Waals surface area contributed by atoms with E-state index in [2.05, 4.69) is 20.3 Å². The Morgan fingerprint density at radius 2 is 2.22 bits per heavy atom. The molecule has 0 saturated carbocycles. The van der Waals surface area contributed by atoms with E-state index in [0.717, 1.165) is 10.2 Å². The van der Waals surface area contributed by atoms with Crippen LogP contribution in [0.1, 0.15) is 16.3 Å². The predicted molar refractivity (Wildman–Crippen MR) is 94.7 cm³/mol. The van der Waals surface area contributed by atoms with E-state index in [1.165, 1.54) is 29.2 Å². The lowest BCUT2D eigenvalue weighted by Crippen LogP contribution is -2.20. The Kier molecular flexibility index (Phi) is 4.65. The summed E-state index contributed by atoms with van der Waals surface area (Å²) in [4.78, 5) is 34.9. The first-order chi connectivity index (χ1) is 11.0. The number of benzene rings is 1. The number of amides is 1. The molecule has 2 heterocycles. The van der Waals surface area contributed by atoms with Gasteiger partial charge < -0.3 is 4.98 Å². The number of hydrogen-bond donors (Lipinski definition) is 2. The second-order valence-corrected chi connectivity index (χ2v) is 6.93. The number of nitrogens with zero attached hydrogens (tertiary/aromatic N) is 2. The van der Waals surface area contributed by atoms with E-state index in [1.807, 2.05) is 6.26 Å². The van der Waals surface area contributed by atoms with Crippen molar-refractivity contribution < 1.29 is 4.79 Å². The fourth-order valence-corrected chi connectivity index (χ4v) is 3.49. The van der Waals surface area contributed by atoms with Gasteiger partial charge in [0, 0.05) is 11.1 Å². The van der Waals surface area contributed by atoms with Gasteiger partial charge in [0.2, 0.25) is 0 Å². The van der Waals surface area contributed by atoms with Crippen LogP contribution in [0.5, 0.6) is 0 Å². The van der Waals surface area contributed by atoms with Gasteiger partial charge in [-0.1, -0.05) is 22.9 Å². The van der Waals surface area contributed by atoms with Gasteiger partial charge in [-0.25, -0.2) is 9.97 Å². The molecule has 0 unspecified atom stereocenters. The molecule has 9 heteroatoms. The third kappa shape index (κ3) is 3.72. The number of carbonyl (C=O) groups excluding carboxylic acids is 1. The number of hydrogen-bond acceptors (Lipinski definition) is 6. The third-order valence-corrected chi connectivity index (χ3v) is 4.61. The SMILES string of the molecule is CSCc1nc(C(=O)Nc2nc3ccc(Cl)cc3s2)cc(=O)[nH]1. The molecule has 0 radical (unpaired) electrons. The molecule has 0 fully saturated rings. The molecule has 118 valence electrons. The van der Waals surface area contributed by atoms with E-state index in [4.69, 9.17) is 11.6 Å². The zero-order chi connectivity index (χ0) is 16.4. The highest BCUT2D eigenvalue weighted by atomic mass is 35.5. The van der Waals surface area contributed by atoms with Crippen molar-refractivity contribution in [1.82, 2.24) is 15.0 Å². The number of halogens is 1. The average Bonchev–Trinajstić information content (AvgIpc) is 2.88. The summed E-state index contributed by atoms with van der Waals surface area (Å²) in [5.74, 6) is 0.519. The molecular weight excluding hydrogens is 356 g/mol. The van der Waals surface area contributed by atoms with E-state index >= 15 is 0 Å². The molecule has 1 amide bonds. The largest absolute Gasteiger partial charge is 0.310 e. The van der Waals surface area contributed by atoms with Gasteiger partial charge in [0.15, 0.2) is 5.13 Å². The van der Waals surface area contributed by atoms with Gasteiger partial charge in [0.05, 0.1) is 16.0 Å². The quantitative estimate of drug-likeness (QED) is 0.740. The van der Waals surface area contributed by atoms with Crippen LogP contribution in [0.3, 0.4) is 0 Å². The summed E-state index contributed by atoms with van der Waals surface area (Å²) in [6.45, 7) is 0. The number of rotatable bonds is 4. The molecule has 6 nitrogen and oxygen atoms in total. The lowest BCUT2D eigenvalue weighted by molar-refractivity contribution is 0.102. The number of aromatic nitrogens is 3. The monoisotopic (exact) mass is 366 g/mol. The molecule has 0 saturated heterocycles. The highest BCUT2D eigenvalue weighted by Crippen LogP contribution is 2.28. The minimum absolute atomic E-state index is 0.0649. The van der Waals surface area contributed by atoms with Crippen molar-refractivity contribution in [3.8, 4) is 0 Å². The molecule has 2 N–H and O–H groups in total. The van der Waals surface area contributed by atoms with E-state index in [-0.39, 0.29) is 11.3 Å². The van der Waals surface area contributed by atoms with Crippen molar-refractivity contribution >= 4 is 56.0 Å². The molecule has 3 aromatic rings. The Morgan fingerprint density at radius 1 is 1.39 bits per heavy atom. The maximum Gasteiger partial charge on any atom is 0.276 e. The number of aromatic amines is 1. The summed E-state index contributed by atoms with van der Waals surface area (Å²) in [5, 5.41) is 3.71. The van der Waals surface area contributed by atoms with Crippen LogP contribution < -0.4 is 10.9 Å². The maximum absolute atomic E-state index is 12.3. The molecule has 0 aliphatic carbocycles. The average molecular weight is 367 g/mol. The van der Waals surface area contributed by atoms with Crippen LogP contribution in [0.15, 0.2) is 29.1 Å². The molecule has 1 aromatic carbocycles. The minimum atomic E-state index is -0.469. The van der Waals surface area contributed by atoms with Gasteiger partial charge in [-0.05, 0) is 24.5 Å². The third-order valence-electron chi connectivity index (χ3n) is 2.88. The van der Waals surface area contributed by atoms with Crippen molar-refractivity contribution in [2.24, 2.45) is 0 Å². The Labute approximate surface area is 144 Å². The van der Waals surface area contributed by atoms with E-state index in [1.54, 1.807) is 18.2 Å². The van der Waals surface area contributed by atoms with Gasteiger partial charge >= 0.3 is 0 Å². The van der Waals surface area contributed by atoms with E-state index < -0.39 is 5.91 Å².